The summed E-state index contributed by atoms with van der Waals surface area (Å²) in [5.74, 6) is 0.598. The molecule has 2 rings (SSSR count). The van der Waals surface area contributed by atoms with E-state index in [9.17, 15) is 5.11 Å². The van der Waals surface area contributed by atoms with Crippen LogP contribution in [0.4, 0.5) is 5.69 Å². The molecule has 0 spiro atoms. The lowest BCUT2D eigenvalue weighted by molar-refractivity contribution is 0.370. The molecule has 2 aromatic rings. The average Bonchev–Trinajstić information content (AvgIpc) is 2.46. The molecule has 0 saturated heterocycles. The second-order valence-corrected chi connectivity index (χ2v) is 4.53. The number of phenolic OH excluding ortho intramolecular Hbond substituents is 1. The van der Waals surface area contributed by atoms with E-state index in [0.29, 0.717) is 11.3 Å². The van der Waals surface area contributed by atoms with E-state index in [-0.39, 0.29) is 5.75 Å². The Morgan fingerprint density at radius 1 is 1.20 bits per heavy atom. The van der Waals surface area contributed by atoms with E-state index < -0.39 is 0 Å². The molecule has 0 radical (unpaired) electrons. The van der Waals surface area contributed by atoms with Gasteiger partial charge in [0, 0.05) is 5.56 Å². The van der Waals surface area contributed by atoms with E-state index in [1.165, 1.54) is 0 Å². The van der Waals surface area contributed by atoms with Crippen molar-refractivity contribution in [1.29, 1.82) is 0 Å². The van der Waals surface area contributed by atoms with E-state index in [1.54, 1.807) is 13.3 Å². The molecule has 0 unspecified atom stereocenters. The van der Waals surface area contributed by atoms with Gasteiger partial charge in [-0.15, -0.1) is 0 Å². The molecule has 104 valence electrons. The molecular formula is C16H18N2O2. The van der Waals surface area contributed by atoms with Gasteiger partial charge in [0.25, 0.3) is 0 Å². The number of hydrazone groups is 1. The summed E-state index contributed by atoms with van der Waals surface area (Å²) in [5, 5.41) is 14.3. The zero-order valence-electron chi connectivity index (χ0n) is 11.8. The summed E-state index contributed by atoms with van der Waals surface area (Å²) >= 11 is 0. The number of aryl methyl sites for hydroxylation is 1. The van der Waals surface area contributed by atoms with Gasteiger partial charge in [0.1, 0.15) is 0 Å². The molecule has 2 N–H and O–H groups in total. The zero-order chi connectivity index (χ0) is 14.5. The van der Waals surface area contributed by atoms with Crippen LogP contribution in [0.3, 0.4) is 0 Å². The topological polar surface area (TPSA) is 53.8 Å². The highest BCUT2D eigenvalue weighted by atomic mass is 16.5. The Morgan fingerprint density at radius 2 is 1.90 bits per heavy atom. The van der Waals surface area contributed by atoms with Crippen molar-refractivity contribution < 1.29 is 9.84 Å². The van der Waals surface area contributed by atoms with Crippen LogP contribution in [0.15, 0.2) is 41.5 Å². The van der Waals surface area contributed by atoms with E-state index in [1.807, 2.05) is 50.2 Å². The van der Waals surface area contributed by atoms with Crippen molar-refractivity contribution in [2.24, 2.45) is 5.10 Å². The molecule has 0 aliphatic carbocycles. The van der Waals surface area contributed by atoms with Crippen molar-refractivity contribution in [3.05, 3.63) is 53.1 Å². The third-order valence-corrected chi connectivity index (χ3v) is 3.17. The van der Waals surface area contributed by atoms with Crippen LogP contribution < -0.4 is 10.2 Å². The number of rotatable bonds is 4. The molecular weight excluding hydrogens is 252 g/mol. The van der Waals surface area contributed by atoms with E-state index in [0.717, 1.165) is 16.8 Å². The number of nitrogens with one attached hydrogen (secondary N) is 1. The predicted molar refractivity (Wildman–Crippen MR) is 81.8 cm³/mol. The summed E-state index contributed by atoms with van der Waals surface area (Å²) in [6.07, 6.45) is 1.58. The van der Waals surface area contributed by atoms with Crippen LogP contribution in [-0.4, -0.2) is 18.4 Å². The Bertz CT molecular complexity index is 622. The number of nitrogens with zero attached hydrogens (tertiary/aromatic N) is 1. The second-order valence-electron chi connectivity index (χ2n) is 4.53. The smallest absolute Gasteiger partial charge is 0.166 e. The summed E-state index contributed by atoms with van der Waals surface area (Å²) < 4.78 is 5.23. The first-order valence-electron chi connectivity index (χ1n) is 6.34. The molecule has 20 heavy (non-hydrogen) atoms. The normalized spacial score (nSPS) is 10.8. The summed E-state index contributed by atoms with van der Waals surface area (Å²) in [4.78, 5) is 0. The van der Waals surface area contributed by atoms with E-state index in [2.05, 4.69) is 10.5 Å². The van der Waals surface area contributed by atoms with Crippen LogP contribution in [0.1, 0.15) is 16.7 Å². The number of anilines is 1. The Hall–Kier alpha value is -2.49. The van der Waals surface area contributed by atoms with Crippen LogP contribution in [0.25, 0.3) is 0 Å². The molecule has 0 amide bonds. The highest BCUT2D eigenvalue weighted by molar-refractivity contribution is 5.86. The predicted octanol–water partition coefficient (Wildman–Crippen LogP) is 3.46. The average molecular weight is 270 g/mol. The Labute approximate surface area is 118 Å². The van der Waals surface area contributed by atoms with Gasteiger partial charge in [-0.1, -0.05) is 18.2 Å². The highest BCUT2D eigenvalue weighted by Gasteiger charge is 2.12. The fourth-order valence-electron chi connectivity index (χ4n) is 1.93. The first kappa shape index (κ1) is 13.9. The summed E-state index contributed by atoms with van der Waals surface area (Å²) in [6.45, 7) is 3.89. The highest BCUT2D eigenvalue weighted by Crippen LogP contribution is 2.34. The second kappa shape index (κ2) is 6.10. The number of aromatic hydroxyl groups is 1. The SMILES string of the molecule is COc1c(C)c(C)cc(C=NNc2ccccc2)c1O. The van der Waals surface area contributed by atoms with Gasteiger partial charge >= 0.3 is 0 Å². The number of ether oxygens (including phenoxy) is 1. The summed E-state index contributed by atoms with van der Waals surface area (Å²) in [7, 11) is 1.55. The largest absolute Gasteiger partial charge is 0.504 e. The van der Waals surface area contributed by atoms with Gasteiger partial charge in [-0.05, 0) is 43.2 Å². The Kier molecular flexibility index (Phi) is 4.25. The maximum absolute atomic E-state index is 10.1. The molecule has 2 aromatic carbocycles. The molecule has 0 aliphatic heterocycles. The first-order chi connectivity index (χ1) is 9.63. The van der Waals surface area contributed by atoms with Crippen LogP contribution in [0.2, 0.25) is 0 Å². The standard InChI is InChI=1S/C16H18N2O2/c1-11-9-13(15(19)16(20-3)12(11)2)10-17-18-14-7-5-4-6-8-14/h4-10,18-19H,1-3H3. The molecule has 0 aromatic heterocycles. The van der Waals surface area contributed by atoms with Gasteiger partial charge in [-0.2, -0.15) is 5.10 Å². The summed E-state index contributed by atoms with van der Waals surface area (Å²) in [5.41, 5.74) is 6.39. The minimum absolute atomic E-state index is 0.106. The molecule has 0 fully saturated rings. The van der Waals surface area contributed by atoms with Gasteiger partial charge in [-0.25, -0.2) is 0 Å². The number of hydrogen-bond acceptors (Lipinski definition) is 4. The maximum atomic E-state index is 10.1. The van der Waals surface area contributed by atoms with E-state index >= 15 is 0 Å². The number of para-hydroxylation sites is 1. The maximum Gasteiger partial charge on any atom is 0.166 e. The van der Waals surface area contributed by atoms with Crippen LogP contribution in [-0.2, 0) is 0 Å². The minimum Gasteiger partial charge on any atom is -0.504 e. The fraction of sp³-hybridized carbons (Fsp3) is 0.188. The number of phenols is 1. The van der Waals surface area contributed by atoms with Crippen molar-refractivity contribution in [3.8, 4) is 11.5 Å². The first-order valence-corrected chi connectivity index (χ1v) is 6.34. The lowest BCUT2D eigenvalue weighted by Crippen LogP contribution is -1.96. The summed E-state index contributed by atoms with van der Waals surface area (Å²) in [6, 6.07) is 11.5. The molecule has 0 atom stereocenters. The van der Waals surface area contributed by atoms with Crippen molar-refractivity contribution in [2.45, 2.75) is 13.8 Å². The number of methoxy groups -OCH3 is 1. The van der Waals surface area contributed by atoms with Crippen molar-refractivity contribution in [3.63, 3.8) is 0 Å². The Morgan fingerprint density at radius 3 is 2.55 bits per heavy atom. The molecule has 0 saturated carbocycles. The molecule has 0 heterocycles. The monoisotopic (exact) mass is 270 g/mol. The van der Waals surface area contributed by atoms with Crippen LogP contribution in [0.5, 0.6) is 11.5 Å². The van der Waals surface area contributed by atoms with Gasteiger partial charge < -0.3 is 9.84 Å². The lowest BCUT2D eigenvalue weighted by Gasteiger charge is -2.12. The minimum atomic E-state index is 0.106. The van der Waals surface area contributed by atoms with Gasteiger partial charge in [0.2, 0.25) is 0 Å². The molecule has 0 aliphatic rings. The third kappa shape index (κ3) is 2.91. The fourth-order valence-corrected chi connectivity index (χ4v) is 1.93. The van der Waals surface area contributed by atoms with Gasteiger partial charge in [0.15, 0.2) is 11.5 Å². The van der Waals surface area contributed by atoms with Gasteiger partial charge in [-0.3, -0.25) is 5.43 Å². The van der Waals surface area contributed by atoms with Crippen LogP contribution >= 0.6 is 0 Å². The van der Waals surface area contributed by atoms with Crippen molar-refractivity contribution in [1.82, 2.24) is 0 Å². The zero-order valence-corrected chi connectivity index (χ0v) is 11.8. The number of hydrogen-bond donors (Lipinski definition) is 2. The van der Waals surface area contributed by atoms with Gasteiger partial charge in [0.05, 0.1) is 19.0 Å². The van der Waals surface area contributed by atoms with E-state index in [4.69, 9.17) is 4.74 Å². The quantitative estimate of drug-likeness (QED) is 0.660. The molecule has 4 nitrogen and oxygen atoms in total. The lowest BCUT2D eigenvalue weighted by atomic mass is 10.0. The Balaban J connectivity index is 2.23. The van der Waals surface area contributed by atoms with Crippen molar-refractivity contribution >= 4 is 11.9 Å². The number of benzene rings is 2. The molecule has 4 heteroatoms. The molecule has 0 bridgehead atoms. The van der Waals surface area contributed by atoms with Crippen molar-refractivity contribution in [2.75, 3.05) is 12.5 Å². The third-order valence-electron chi connectivity index (χ3n) is 3.17. The van der Waals surface area contributed by atoms with Crippen LogP contribution in [0, 0.1) is 13.8 Å².